The maximum Gasteiger partial charge on any atom is 0.158 e. The van der Waals surface area contributed by atoms with E-state index < -0.39 is 0 Å². The highest BCUT2D eigenvalue weighted by Gasteiger charge is 2.13. The second-order valence-corrected chi connectivity index (χ2v) is 4.43. The summed E-state index contributed by atoms with van der Waals surface area (Å²) in [4.78, 5) is 11.9. The molecule has 17 heavy (non-hydrogen) atoms. The Balaban J connectivity index is 2.23. The lowest BCUT2D eigenvalue weighted by Crippen LogP contribution is -1.99. The van der Waals surface area contributed by atoms with Gasteiger partial charge in [0.1, 0.15) is 5.75 Å². The van der Waals surface area contributed by atoms with E-state index in [2.05, 4.69) is 0 Å². The Labute approximate surface area is 102 Å². The molecule has 0 N–H and O–H groups in total. The lowest BCUT2D eigenvalue weighted by molar-refractivity contribution is -0.115. The predicted octanol–water partition coefficient (Wildman–Crippen LogP) is 3.61. The molecule has 1 aromatic carbocycles. The van der Waals surface area contributed by atoms with Crippen LogP contribution in [-0.2, 0) is 4.79 Å². The Hall–Kier alpha value is -1.57. The largest absolute Gasteiger partial charge is 0.497 e. The lowest BCUT2D eigenvalue weighted by atomic mass is 10.0. The van der Waals surface area contributed by atoms with Crippen LogP contribution in [0.3, 0.4) is 0 Å². The maximum absolute atomic E-state index is 11.9. The normalized spacial score (nSPS) is 19.1. The van der Waals surface area contributed by atoms with E-state index in [4.69, 9.17) is 4.74 Å². The summed E-state index contributed by atoms with van der Waals surface area (Å²) in [5.41, 5.74) is 2.02. The predicted molar refractivity (Wildman–Crippen MR) is 69.1 cm³/mol. The number of carbonyl (C=O) groups is 1. The van der Waals surface area contributed by atoms with E-state index in [9.17, 15) is 4.79 Å². The molecule has 1 aliphatic rings. The Kier molecular flexibility index (Phi) is 3.97. The molecule has 0 aromatic heterocycles. The fraction of sp³-hybridized carbons (Fsp3) is 0.400. The summed E-state index contributed by atoms with van der Waals surface area (Å²) in [6.45, 7) is 0. The van der Waals surface area contributed by atoms with E-state index >= 15 is 0 Å². The van der Waals surface area contributed by atoms with E-state index in [0.717, 1.165) is 36.1 Å². The summed E-state index contributed by atoms with van der Waals surface area (Å²) < 4.78 is 5.18. The van der Waals surface area contributed by atoms with Gasteiger partial charge in [-0.1, -0.05) is 18.6 Å². The minimum Gasteiger partial charge on any atom is -0.497 e. The van der Waals surface area contributed by atoms with E-state index in [1.54, 1.807) is 7.11 Å². The van der Waals surface area contributed by atoms with Crippen LogP contribution in [0.15, 0.2) is 29.8 Å². The van der Waals surface area contributed by atoms with Crippen molar-refractivity contribution in [1.82, 2.24) is 0 Å². The molecule has 0 saturated heterocycles. The summed E-state index contributed by atoms with van der Waals surface area (Å²) >= 11 is 0. The fourth-order valence-corrected chi connectivity index (χ4v) is 2.16. The molecular weight excluding hydrogens is 212 g/mol. The Morgan fingerprint density at radius 3 is 2.82 bits per heavy atom. The zero-order chi connectivity index (χ0) is 12.1. The van der Waals surface area contributed by atoms with Gasteiger partial charge < -0.3 is 4.74 Å². The number of hydrogen-bond acceptors (Lipinski definition) is 2. The molecule has 0 unspecified atom stereocenters. The second-order valence-electron chi connectivity index (χ2n) is 4.43. The summed E-state index contributed by atoms with van der Waals surface area (Å²) in [7, 11) is 1.66. The molecule has 90 valence electrons. The monoisotopic (exact) mass is 230 g/mol. The minimum absolute atomic E-state index is 0.310. The molecule has 2 rings (SSSR count). The van der Waals surface area contributed by atoms with Crippen molar-refractivity contribution >= 4 is 11.9 Å². The van der Waals surface area contributed by atoms with E-state index in [-0.39, 0.29) is 0 Å². The maximum atomic E-state index is 11.9. The van der Waals surface area contributed by atoms with Crippen LogP contribution in [-0.4, -0.2) is 12.9 Å². The Morgan fingerprint density at radius 2 is 2.00 bits per heavy atom. The van der Waals surface area contributed by atoms with E-state index in [1.165, 1.54) is 6.42 Å². The SMILES string of the molecule is COc1cccc(/C=C2\CCCCCC2=O)c1. The van der Waals surface area contributed by atoms with Crippen LogP contribution in [0.25, 0.3) is 6.08 Å². The Bertz CT molecular complexity index is 432. The van der Waals surface area contributed by atoms with Gasteiger partial charge in [-0.15, -0.1) is 0 Å². The van der Waals surface area contributed by atoms with Crippen LogP contribution in [0.2, 0.25) is 0 Å². The lowest BCUT2D eigenvalue weighted by Gasteiger charge is -2.04. The molecule has 2 heteroatoms. The zero-order valence-corrected chi connectivity index (χ0v) is 10.2. The molecule has 0 amide bonds. The third-order valence-electron chi connectivity index (χ3n) is 3.14. The molecule has 0 atom stereocenters. The first-order valence-corrected chi connectivity index (χ1v) is 6.17. The summed E-state index contributed by atoms with van der Waals surface area (Å²) in [5, 5.41) is 0. The number of allylic oxidation sites excluding steroid dienone is 1. The number of ether oxygens (including phenoxy) is 1. The average Bonchev–Trinajstić information content (AvgIpc) is 2.55. The number of hydrogen-bond donors (Lipinski definition) is 0. The number of benzene rings is 1. The highest BCUT2D eigenvalue weighted by molar-refractivity contribution is 5.99. The average molecular weight is 230 g/mol. The Morgan fingerprint density at radius 1 is 1.18 bits per heavy atom. The van der Waals surface area contributed by atoms with Gasteiger partial charge in [-0.3, -0.25) is 4.79 Å². The molecule has 1 saturated carbocycles. The summed E-state index contributed by atoms with van der Waals surface area (Å²) in [6, 6.07) is 7.84. The molecule has 0 bridgehead atoms. The topological polar surface area (TPSA) is 26.3 Å². The van der Waals surface area contributed by atoms with Gasteiger partial charge in [0.15, 0.2) is 5.78 Å². The van der Waals surface area contributed by atoms with Gasteiger partial charge in [0.25, 0.3) is 0 Å². The van der Waals surface area contributed by atoms with Crippen LogP contribution < -0.4 is 4.74 Å². The standard InChI is InChI=1S/C15H18O2/c1-17-14-8-5-6-12(11-14)10-13-7-3-2-4-9-15(13)16/h5-6,8,10-11H,2-4,7,9H2,1H3/b13-10+. The molecule has 1 aliphatic carbocycles. The zero-order valence-electron chi connectivity index (χ0n) is 10.2. The fourth-order valence-electron chi connectivity index (χ4n) is 2.16. The highest BCUT2D eigenvalue weighted by Crippen LogP contribution is 2.23. The first-order chi connectivity index (χ1) is 8.29. The van der Waals surface area contributed by atoms with Crippen molar-refractivity contribution in [3.8, 4) is 5.75 Å². The van der Waals surface area contributed by atoms with E-state index in [0.29, 0.717) is 12.2 Å². The van der Waals surface area contributed by atoms with Crippen LogP contribution in [0.5, 0.6) is 5.75 Å². The van der Waals surface area contributed by atoms with Crippen LogP contribution in [0, 0.1) is 0 Å². The number of carbonyl (C=O) groups excluding carboxylic acids is 1. The van der Waals surface area contributed by atoms with Crippen molar-refractivity contribution in [3.63, 3.8) is 0 Å². The highest BCUT2D eigenvalue weighted by atomic mass is 16.5. The number of Topliss-reactive ketones (excluding diaryl/α,β-unsaturated/α-hetero) is 1. The molecule has 0 aliphatic heterocycles. The number of rotatable bonds is 2. The molecule has 1 aromatic rings. The third-order valence-corrected chi connectivity index (χ3v) is 3.14. The third kappa shape index (κ3) is 3.19. The van der Waals surface area contributed by atoms with Crippen LogP contribution in [0.1, 0.15) is 37.7 Å². The molecule has 2 nitrogen and oxygen atoms in total. The van der Waals surface area contributed by atoms with E-state index in [1.807, 2.05) is 30.3 Å². The smallest absolute Gasteiger partial charge is 0.158 e. The van der Waals surface area contributed by atoms with Crippen molar-refractivity contribution < 1.29 is 9.53 Å². The van der Waals surface area contributed by atoms with Gasteiger partial charge in [-0.25, -0.2) is 0 Å². The molecule has 1 fully saturated rings. The van der Waals surface area contributed by atoms with Crippen molar-refractivity contribution in [2.45, 2.75) is 32.1 Å². The number of ketones is 1. The van der Waals surface area contributed by atoms with Crippen molar-refractivity contribution in [2.24, 2.45) is 0 Å². The quantitative estimate of drug-likeness (QED) is 0.573. The van der Waals surface area contributed by atoms with Gasteiger partial charge in [0.05, 0.1) is 7.11 Å². The first kappa shape index (κ1) is 11.9. The molecule has 0 spiro atoms. The van der Waals surface area contributed by atoms with Gasteiger partial charge in [-0.2, -0.15) is 0 Å². The number of methoxy groups -OCH3 is 1. The van der Waals surface area contributed by atoms with Crippen molar-refractivity contribution in [2.75, 3.05) is 7.11 Å². The van der Waals surface area contributed by atoms with Gasteiger partial charge in [0.2, 0.25) is 0 Å². The first-order valence-electron chi connectivity index (χ1n) is 6.17. The molecule has 0 heterocycles. The second kappa shape index (κ2) is 5.67. The van der Waals surface area contributed by atoms with Crippen LogP contribution >= 0.6 is 0 Å². The van der Waals surface area contributed by atoms with Crippen LogP contribution in [0.4, 0.5) is 0 Å². The van der Waals surface area contributed by atoms with Crippen molar-refractivity contribution in [1.29, 1.82) is 0 Å². The molecular formula is C15H18O2. The van der Waals surface area contributed by atoms with Crippen molar-refractivity contribution in [3.05, 3.63) is 35.4 Å². The van der Waals surface area contributed by atoms with Gasteiger partial charge in [0, 0.05) is 6.42 Å². The minimum atomic E-state index is 0.310. The molecule has 0 radical (unpaired) electrons. The van der Waals surface area contributed by atoms with Gasteiger partial charge in [-0.05, 0) is 48.6 Å². The summed E-state index contributed by atoms with van der Waals surface area (Å²) in [6.07, 6.45) is 6.96. The summed E-state index contributed by atoms with van der Waals surface area (Å²) in [5.74, 6) is 1.14. The van der Waals surface area contributed by atoms with Gasteiger partial charge >= 0.3 is 0 Å².